The minimum Gasteiger partial charge on any atom is -0.271 e. The van der Waals surface area contributed by atoms with Crippen LogP contribution in [0.15, 0.2) is 6.33 Å². The van der Waals surface area contributed by atoms with Gasteiger partial charge in [-0.3, -0.25) is 11.3 Å². The standard InChI is InChI=1S/C13H25N5S/c1-10(2)18-13(15-9-16-18)8-12(17-14)7-11-3-5-19-6-4-11/h9-12,17H,3-8,14H2,1-2H3. The van der Waals surface area contributed by atoms with E-state index in [4.69, 9.17) is 5.84 Å². The molecule has 2 heterocycles. The Morgan fingerprint density at radius 3 is 2.84 bits per heavy atom. The summed E-state index contributed by atoms with van der Waals surface area (Å²) in [6, 6.07) is 0.650. The van der Waals surface area contributed by atoms with E-state index in [2.05, 4.69) is 41.1 Å². The molecule has 1 aliphatic heterocycles. The van der Waals surface area contributed by atoms with Crippen molar-refractivity contribution in [3.63, 3.8) is 0 Å². The highest BCUT2D eigenvalue weighted by molar-refractivity contribution is 7.99. The van der Waals surface area contributed by atoms with Gasteiger partial charge in [0.25, 0.3) is 0 Å². The summed E-state index contributed by atoms with van der Waals surface area (Å²) in [4.78, 5) is 4.37. The summed E-state index contributed by atoms with van der Waals surface area (Å²) in [5.41, 5.74) is 2.97. The van der Waals surface area contributed by atoms with Crippen LogP contribution < -0.4 is 11.3 Å². The Bertz CT molecular complexity index is 373. The lowest BCUT2D eigenvalue weighted by Gasteiger charge is -2.26. The molecule has 0 saturated carbocycles. The third-order valence-corrected chi connectivity index (χ3v) is 4.81. The van der Waals surface area contributed by atoms with Gasteiger partial charge in [-0.05, 0) is 50.5 Å². The number of nitrogens with two attached hydrogens (primary N) is 1. The molecule has 1 aromatic rings. The summed E-state index contributed by atoms with van der Waals surface area (Å²) in [6.45, 7) is 4.25. The smallest absolute Gasteiger partial charge is 0.138 e. The first-order chi connectivity index (χ1) is 9.20. The number of aromatic nitrogens is 3. The van der Waals surface area contributed by atoms with E-state index < -0.39 is 0 Å². The fraction of sp³-hybridized carbons (Fsp3) is 0.846. The zero-order valence-corrected chi connectivity index (χ0v) is 12.7. The van der Waals surface area contributed by atoms with Crippen LogP contribution in [0.25, 0.3) is 0 Å². The Kier molecular flexibility index (Phi) is 5.66. The normalized spacial score (nSPS) is 18.9. The Morgan fingerprint density at radius 1 is 1.47 bits per heavy atom. The quantitative estimate of drug-likeness (QED) is 0.615. The first-order valence-electron chi connectivity index (χ1n) is 7.13. The van der Waals surface area contributed by atoms with Crippen molar-refractivity contribution >= 4 is 11.8 Å². The minimum absolute atomic E-state index is 0.301. The van der Waals surface area contributed by atoms with Crippen molar-refractivity contribution in [3.8, 4) is 0 Å². The van der Waals surface area contributed by atoms with Crippen LogP contribution in [-0.4, -0.2) is 32.3 Å². The number of nitrogens with zero attached hydrogens (tertiary/aromatic N) is 3. The van der Waals surface area contributed by atoms with Crippen LogP contribution in [0.3, 0.4) is 0 Å². The lowest BCUT2D eigenvalue weighted by molar-refractivity contribution is 0.355. The van der Waals surface area contributed by atoms with Crippen molar-refractivity contribution in [1.82, 2.24) is 20.2 Å². The molecule has 1 atom stereocenters. The second-order valence-corrected chi connectivity index (χ2v) is 6.80. The molecule has 1 unspecified atom stereocenters. The van der Waals surface area contributed by atoms with Gasteiger partial charge in [-0.25, -0.2) is 9.67 Å². The van der Waals surface area contributed by atoms with E-state index in [1.165, 1.54) is 24.3 Å². The number of nitrogens with one attached hydrogen (secondary N) is 1. The molecule has 0 radical (unpaired) electrons. The SMILES string of the molecule is CC(C)n1ncnc1CC(CC1CCSCC1)NN. The van der Waals surface area contributed by atoms with Gasteiger partial charge in [-0.1, -0.05) is 0 Å². The molecule has 0 aliphatic carbocycles. The minimum atomic E-state index is 0.301. The van der Waals surface area contributed by atoms with Crippen LogP contribution >= 0.6 is 11.8 Å². The molecule has 3 N–H and O–H groups in total. The molecule has 0 spiro atoms. The first kappa shape index (κ1) is 14.8. The van der Waals surface area contributed by atoms with Crippen molar-refractivity contribution in [2.75, 3.05) is 11.5 Å². The van der Waals surface area contributed by atoms with Crippen LogP contribution in [0, 0.1) is 5.92 Å². The van der Waals surface area contributed by atoms with E-state index in [9.17, 15) is 0 Å². The molecule has 0 amide bonds. The van der Waals surface area contributed by atoms with Gasteiger partial charge in [-0.2, -0.15) is 16.9 Å². The Hall–Kier alpha value is -0.590. The molecule has 2 rings (SSSR count). The highest BCUT2D eigenvalue weighted by Crippen LogP contribution is 2.26. The van der Waals surface area contributed by atoms with Crippen LogP contribution in [0.5, 0.6) is 0 Å². The van der Waals surface area contributed by atoms with E-state index in [-0.39, 0.29) is 0 Å². The van der Waals surface area contributed by atoms with Crippen molar-refractivity contribution < 1.29 is 0 Å². The molecule has 0 bridgehead atoms. The predicted octanol–water partition coefficient (Wildman–Crippen LogP) is 1.77. The molecule has 5 nitrogen and oxygen atoms in total. The van der Waals surface area contributed by atoms with Gasteiger partial charge >= 0.3 is 0 Å². The molecule has 1 aliphatic rings. The fourth-order valence-electron chi connectivity index (χ4n) is 2.67. The third kappa shape index (κ3) is 4.19. The summed E-state index contributed by atoms with van der Waals surface area (Å²) in [6.07, 6.45) is 6.28. The maximum absolute atomic E-state index is 5.72. The number of thioether (sulfide) groups is 1. The van der Waals surface area contributed by atoms with Gasteiger partial charge in [0.15, 0.2) is 0 Å². The summed E-state index contributed by atoms with van der Waals surface area (Å²) in [5.74, 6) is 10.1. The highest BCUT2D eigenvalue weighted by atomic mass is 32.2. The Balaban J connectivity index is 1.92. The second-order valence-electron chi connectivity index (χ2n) is 5.57. The third-order valence-electron chi connectivity index (χ3n) is 3.76. The van der Waals surface area contributed by atoms with E-state index in [0.717, 1.165) is 24.6 Å². The van der Waals surface area contributed by atoms with Gasteiger partial charge in [-0.15, -0.1) is 0 Å². The van der Waals surface area contributed by atoms with E-state index in [1.54, 1.807) is 6.33 Å². The largest absolute Gasteiger partial charge is 0.271 e. The van der Waals surface area contributed by atoms with Crippen molar-refractivity contribution in [2.24, 2.45) is 11.8 Å². The molecule has 1 fully saturated rings. The number of hydrazine groups is 1. The van der Waals surface area contributed by atoms with Crippen molar-refractivity contribution in [2.45, 2.75) is 51.6 Å². The van der Waals surface area contributed by atoms with Crippen molar-refractivity contribution in [3.05, 3.63) is 12.2 Å². The van der Waals surface area contributed by atoms with Gasteiger partial charge < -0.3 is 0 Å². The van der Waals surface area contributed by atoms with Gasteiger partial charge in [0.05, 0.1) is 0 Å². The molecular weight excluding hydrogens is 258 g/mol. The topological polar surface area (TPSA) is 68.8 Å². The predicted molar refractivity (Wildman–Crippen MR) is 79.9 cm³/mol. The van der Waals surface area contributed by atoms with Crippen LogP contribution in [0.1, 0.15) is 45.0 Å². The first-order valence-corrected chi connectivity index (χ1v) is 8.28. The van der Waals surface area contributed by atoms with Gasteiger partial charge in [0.2, 0.25) is 0 Å². The van der Waals surface area contributed by atoms with Crippen LogP contribution in [0.4, 0.5) is 0 Å². The van der Waals surface area contributed by atoms with E-state index >= 15 is 0 Å². The molecule has 0 aromatic carbocycles. The molecule has 19 heavy (non-hydrogen) atoms. The second kappa shape index (κ2) is 7.26. The lowest BCUT2D eigenvalue weighted by atomic mass is 9.93. The number of hydrogen-bond donors (Lipinski definition) is 2. The summed E-state index contributed by atoms with van der Waals surface area (Å²) in [7, 11) is 0. The zero-order valence-electron chi connectivity index (χ0n) is 11.9. The maximum atomic E-state index is 5.72. The average molecular weight is 283 g/mol. The van der Waals surface area contributed by atoms with Gasteiger partial charge in [0.1, 0.15) is 12.2 Å². The van der Waals surface area contributed by atoms with E-state index in [1.807, 2.05) is 4.68 Å². The zero-order chi connectivity index (χ0) is 13.7. The molecule has 6 heteroatoms. The Morgan fingerprint density at radius 2 is 2.21 bits per heavy atom. The Labute approximate surface area is 119 Å². The fourth-order valence-corrected chi connectivity index (χ4v) is 3.87. The van der Waals surface area contributed by atoms with Crippen LogP contribution in [0.2, 0.25) is 0 Å². The van der Waals surface area contributed by atoms with Crippen LogP contribution in [-0.2, 0) is 6.42 Å². The summed E-state index contributed by atoms with van der Waals surface area (Å²) < 4.78 is 1.99. The number of rotatable bonds is 6. The summed E-state index contributed by atoms with van der Waals surface area (Å²) >= 11 is 2.07. The van der Waals surface area contributed by atoms with Crippen molar-refractivity contribution in [1.29, 1.82) is 0 Å². The van der Waals surface area contributed by atoms with E-state index in [0.29, 0.717) is 12.1 Å². The monoisotopic (exact) mass is 283 g/mol. The molecule has 1 saturated heterocycles. The summed E-state index contributed by atoms with van der Waals surface area (Å²) in [5, 5.41) is 4.28. The molecular formula is C13H25N5S. The maximum Gasteiger partial charge on any atom is 0.138 e. The highest BCUT2D eigenvalue weighted by Gasteiger charge is 2.20. The average Bonchev–Trinajstić information content (AvgIpc) is 2.87. The van der Waals surface area contributed by atoms with Gasteiger partial charge in [0, 0.05) is 18.5 Å². The number of hydrogen-bond acceptors (Lipinski definition) is 5. The lowest BCUT2D eigenvalue weighted by Crippen LogP contribution is -2.39. The molecule has 108 valence electrons. The molecule has 1 aromatic heterocycles.